The first kappa shape index (κ1) is 17.2. The van der Waals surface area contributed by atoms with Crippen LogP contribution in [0, 0.1) is 5.92 Å². The monoisotopic (exact) mass is 341 g/mol. The summed E-state index contributed by atoms with van der Waals surface area (Å²) in [6.45, 7) is 6.42. The number of rotatable bonds is 2. The number of hydrogen-bond acceptors (Lipinski definition) is 4. The van der Waals surface area contributed by atoms with E-state index in [2.05, 4.69) is 10.3 Å². The Morgan fingerprint density at radius 2 is 2.08 bits per heavy atom. The number of carbonyl (C=O) groups is 2. The molecule has 2 amide bonds. The molecule has 1 aliphatic rings. The molecule has 2 aromatic rings. The SMILES string of the molecule is CC(C)(C)OC(=O)N1CC[C@@H](C(=O)Nc2cccc3cnccc23)C1. The second kappa shape index (κ2) is 6.70. The molecule has 1 atom stereocenters. The minimum atomic E-state index is -0.533. The van der Waals surface area contributed by atoms with E-state index in [4.69, 9.17) is 4.74 Å². The van der Waals surface area contributed by atoms with Crippen LogP contribution >= 0.6 is 0 Å². The number of hydrogen-bond donors (Lipinski definition) is 1. The number of ether oxygens (including phenoxy) is 1. The average molecular weight is 341 g/mol. The highest BCUT2D eigenvalue weighted by molar-refractivity contribution is 6.02. The van der Waals surface area contributed by atoms with E-state index in [0.29, 0.717) is 19.5 Å². The Bertz CT molecular complexity index is 793. The minimum absolute atomic E-state index is 0.0737. The summed E-state index contributed by atoms with van der Waals surface area (Å²) in [4.78, 5) is 30.4. The van der Waals surface area contributed by atoms with Crippen molar-refractivity contribution in [2.24, 2.45) is 5.92 Å². The fourth-order valence-corrected chi connectivity index (χ4v) is 2.93. The lowest BCUT2D eigenvalue weighted by molar-refractivity contribution is -0.119. The van der Waals surface area contributed by atoms with Gasteiger partial charge in [0, 0.05) is 41.9 Å². The van der Waals surface area contributed by atoms with Gasteiger partial charge in [0.2, 0.25) is 5.91 Å². The molecular formula is C19H23N3O3. The number of benzene rings is 1. The van der Waals surface area contributed by atoms with E-state index in [1.54, 1.807) is 17.3 Å². The third-order valence-corrected chi connectivity index (χ3v) is 4.15. The van der Waals surface area contributed by atoms with Gasteiger partial charge in [-0.25, -0.2) is 4.79 Å². The standard InChI is InChI=1S/C19H23N3O3/c1-19(2,3)25-18(24)22-10-8-14(12-22)17(23)21-16-6-4-5-13-11-20-9-7-15(13)16/h4-7,9,11,14H,8,10,12H2,1-3H3,(H,21,23)/t14-/m1/s1. The van der Waals surface area contributed by atoms with Crippen LogP contribution in [0.2, 0.25) is 0 Å². The van der Waals surface area contributed by atoms with E-state index in [0.717, 1.165) is 16.5 Å². The zero-order chi connectivity index (χ0) is 18.0. The third kappa shape index (κ3) is 4.07. The first-order valence-corrected chi connectivity index (χ1v) is 8.45. The first-order chi connectivity index (χ1) is 11.8. The predicted octanol–water partition coefficient (Wildman–Crippen LogP) is 3.43. The number of nitrogens with zero attached hydrogens (tertiary/aromatic N) is 2. The molecule has 0 bridgehead atoms. The highest BCUT2D eigenvalue weighted by Crippen LogP contribution is 2.25. The Labute approximate surface area is 147 Å². The van der Waals surface area contributed by atoms with Gasteiger partial charge in [0.05, 0.1) is 5.92 Å². The van der Waals surface area contributed by atoms with Crippen molar-refractivity contribution in [3.63, 3.8) is 0 Å². The molecule has 1 saturated heterocycles. The van der Waals surface area contributed by atoms with Crippen LogP contribution in [0.4, 0.5) is 10.5 Å². The molecule has 132 valence electrons. The second-order valence-corrected chi connectivity index (χ2v) is 7.30. The third-order valence-electron chi connectivity index (χ3n) is 4.15. The summed E-state index contributed by atoms with van der Waals surface area (Å²) in [5, 5.41) is 4.91. The summed E-state index contributed by atoms with van der Waals surface area (Å²) >= 11 is 0. The number of aromatic nitrogens is 1. The largest absolute Gasteiger partial charge is 0.444 e. The van der Waals surface area contributed by atoms with E-state index >= 15 is 0 Å². The summed E-state index contributed by atoms with van der Waals surface area (Å²) in [6.07, 6.45) is 3.75. The van der Waals surface area contributed by atoms with Crippen molar-refractivity contribution in [3.8, 4) is 0 Å². The van der Waals surface area contributed by atoms with Gasteiger partial charge in [-0.3, -0.25) is 9.78 Å². The molecule has 1 aromatic heterocycles. The van der Waals surface area contributed by atoms with Gasteiger partial charge in [0.1, 0.15) is 5.60 Å². The van der Waals surface area contributed by atoms with Crippen molar-refractivity contribution < 1.29 is 14.3 Å². The first-order valence-electron chi connectivity index (χ1n) is 8.45. The van der Waals surface area contributed by atoms with Crippen LogP contribution in [-0.2, 0) is 9.53 Å². The summed E-state index contributed by atoms with van der Waals surface area (Å²) in [5.74, 6) is -0.306. The lowest BCUT2D eigenvalue weighted by Gasteiger charge is -2.24. The fourth-order valence-electron chi connectivity index (χ4n) is 2.93. The molecule has 6 nitrogen and oxygen atoms in total. The maximum atomic E-state index is 12.6. The summed E-state index contributed by atoms with van der Waals surface area (Å²) in [5.41, 5.74) is 0.231. The number of likely N-dealkylation sites (tertiary alicyclic amines) is 1. The van der Waals surface area contributed by atoms with E-state index < -0.39 is 5.60 Å². The topological polar surface area (TPSA) is 71.5 Å². The number of anilines is 1. The number of carbonyl (C=O) groups excluding carboxylic acids is 2. The molecule has 1 aliphatic heterocycles. The zero-order valence-electron chi connectivity index (χ0n) is 14.8. The Hall–Kier alpha value is -2.63. The Balaban J connectivity index is 1.65. The zero-order valence-corrected chi connectivity index (χ0v) is 14.8. The van der Waals surface area contributed by atoms with Crippen LogP contribution in [0.25, 0.3) is 10.8 Å². The molecule has 6 heteroatoms. The highest BCUT2D eigenvalue weighted by atomic mass is 16.6. The van der Waals surface area contributed by atoms with Gasteiger partial charge < -0.3 is 15.0 Å². The minimum Gasteiger partial charge on any atom is -0.444 e. The molecular weight excluding hydrogens is 318 g/mol. The van der Waals surface area contributed by atoms with Gasteiger partial charge in [-0.15, -0.1) is 0 Å². The molecule has 1 aromatic carbocycles. The predicted molar refractivity (Wildman–Crippen MR) is 96.3 cm³/mol. The second-order valence-electron chi connectivity index (χ2n) is 7.30. The van der Waals surface area contributed by atoms with Crippen LogP contribution < -0.4 is 5.32 Å². The molecule has 25 heavy (non-hydrogen) atoms. The summed E-state index contributed by atoms with van der Waals surface area (Å²) in [7, 11) is 0. The molecule has 0 unspecified atom stereocenters. The van der Waals surface area contributed by atoms with Gasteiger partial charge in [0.15, 0.2) is 0 Å². The van der Waals surface area contributed by atoms with Crippen LogP contribution in [0.1, 0.15) is 27.2 Å². The van der Waals surface area contributed by atoms with Crippen LogP contribution in [0.5, 0.6) is 0 Å². The van der Waals surface area contributed by atoms with Crippen molar-refractivity contribution in [3.05, 3.63) is 36.7 Å². The van der Waals surface area contributed by atoms with Gasteiger partial charge in [0.25, 0.3) is 0 Å². The molecule has 0 saturated carbocycles. The number of fused-ring (bicyclic) bond motifs is 1. The molecule has 0 spiro atoms. The molecule has 0 aliphatic carbocycles. The molecule has 0 radical (unpaired) electrons. The molecule has 3 rings (SSSR count). The van der Waals surface area contributed by atoms with Crippen molar-refractivity contribution in [2.75, 3.05) is 18.4 Å². The van der Waals surface area contributed by atoms with Crippen molar-refractivity contribution in [1.29, 1.82) is 0 Å². The van der Waals surface area contributed by atoms with Crippen molar-refractivity contribution >= 4 is 28.5 Å². The van der Waals surface area contributed by atoms with Gasteiger partial charge >= 0.3 is 6.09 Å². The Morgan fingerprint density at radius 1 is 1.28 bits per heavy atom. The molecule has 1 fully saturated rings. The van der Waals surface area contributed by atoms with Gasteiger partial charge in [-0.1, -0.05) is 12.1 Å². The van der Waals surface area contributed by atoms with E-state index in [9.17, 15) is 9.59 Å². The molecule has 2 heterocycles. The Morgan fingerprint density at radius 3 is 2.84 bits per heavy atom. The maximum Gasteiger partial charge on any atom is 0.410 e. The smallest absolute Gasteiger partial charge is 0.410 e. The van der Waals surface area contributed by atoms with Crippen molar-refractivity contribution in [1.82, 2.24) is 9.88 Å². The van der Waals surface area contributed by atoms with Gasteiger partial charge in [-0.05, 0) is 39.3 Å². The average Bonchev–Trinajstić information content (AvgIpc) is 3.04. The summed E-state index contributed by atoms with van der Waals surface area (Å²) in [6, 6.07) is 7.60. The number of pyridine rings is 1. The Kier molecular flexibility index (Phi) is 4.61. The lowest BCUT2D eigenvalue weighted by Crippen LogP contribution is -2.36. The van der Waals surface area contributed by atoms with Gasteiger partial charge in [-0.2, -0.15) is 0 Å². The van der Waals surface area contributed by atoms with Crippen molar-refractivity contribution in [2.45, 2.75) is 32.8 Å². The lowest BCUT2D eigenvalue weighted by atomic mass is 10.1. The quantitative estimate of drug-likeness (QED) is 0.908. The maximum absolute atomic E-state index is 12.6. The fraction of sp³-hybridized carbons (Fsp3) is 0.421. The number of amides is 2. The summed E-state index contributed by atoms with van der Waals surface area (Å²) < 4.78 is 5.37. The van der Waals surface area contributed by atoms with E-state index in [1.165, 1.54) is 0 Å². The van der Waals surface area contributed by atoms with E-state index in [-0.39, 0.29) is 17.9 Å². The van der Waals surface area contributed by atoms with Crippen LogP contribution in [0.15, 0.2) is 36.7 Å². The van der Waals surface area contributed by atoms with Crippen LogP contribution in [-0.4, -0.2) is 40.6 Å². The normalized spacial score (nSPS) is 17.6. The van der Waals surface area contributed by atoms with E-state index in [1.807, 2.05) is 45.0 Å². The highest BCUT2D eigenvalue weighted by Gasteiger charge is 2.33. The number of nitrogens with one attached hydrogen (secondary N) is 1. The molecule has 1 N–H and O–H groups in total. The van der Waals surface area contributed by atoms with Crippen LogP contribution in [0.3, 0.4) is 0 Å².